The van der Waals surface area contributed by atoms with Crippen LogP contribution in [-0.4, -0.2) is 60.5 Å². The van der Waals surface area contributed by atoms with E-state index >= 15 is 0 Å². The van der Waals surface area contributed by atoms with Crippen molar-refractivity contribution in [2.45, 2.75) is 38.7 Å². The van der Waals surface area contributed by atoms with Gasteiger partial charge in [0.15, 0.2) is 0 Å². The number of carbonyl (C=O) groups is 2. The van der Waals surface area contributed by atoms with Crippen molar-refractivity contribution in [1.29, 1.82) is 0 Å². The molecule has 2 saturated heterocycles. The summed E-state index contributed by atoms with van der Waals surface area (Å²) < 4.78 is 5.52. The molecule has 102 valence electrons. The molecule has 5 heteroatoms. The topological polar surface area (TPSA) is 49.9 Å². The molecular weight excluding hydrogens is 232 g/mol. The van der Waals surface area contributed by atoms with Gasteiger partial charge in [-0.05, 0) is 25.7 Å². The van der Waals surface area contributed by atoms with E-state index in [9.17, 15) is 9.59 Å². The average molecular weight is 254 g/mol. The highest BCUT2D eigenvalue weighted by Crippen LogP contribution is 2.14. The molecule has 2 aliphatic rings. The number of likely N-dealkylation sites (tertiary alicyclic amines) is 1. The van der Waals surface area contributed by atoms with Gasteiger partial charge in [0.05, 0.1) is 12.6 Å². The van der Waals surface area contributed by atoms with E-state index in [4.69, 9.17) is 4.74 Å². The molecule has 5 nitrogen and oxygen atoms in total. The molecule has 2 fully saturated rings. The third-order valence-corrected chi connectivity index (χ3v) is 3.68. The number of hydrogen-bond donors (Lipinski definition) is 0. The Morgan fingerprint density at radius 2 is 2.00 bits per heavy atom. The van der Waals surface area contributed by atoms with E-state index in [1.165, 1.54) is 6.92 Å². The Morgan fingerprint density at radius 3 is 2.56 bits per heavy atom. The molecule has 2 rings (SSSR count). The molecule has 1 atom stereocenters. The zero-order valence-electron chi connectivity index (χ0n) is 11.1. The van der Waals surface area contributed by atoms with Gasteiger partial charge in [-0.1, -0.05) is 0 Å². The van der Waals surface area contributed by atoms with Gasteiger partial charge in [0.1, 0.15) is 0 Å². The molecule has 18 heavy (non-hydrogen) atoms. The lowest BCUT2D eigenvalue weighted by molar-refractivity contribution is -0.139. The zero-order chi connectivity index (χ0) is 13.0. The number of rotatable bonds is 4. The molecule has 1 unspecified atom stereocenters. The Bertz CT molecular complexity index is 307. The zero-order valence-corrected chi connectivity index (χ0v) is 11.1. The van der Waals surface area contributed by atoms with E-state index in [1.807, 2.05) is 4.90 Å². The second-order valence-electron chi connectivity index (χ2n) is 5.12. The summed E-state index contributed by atoms with van der Waals surface area (Å²) in [5.74, 6) is 0.0266. The van der Waals surface area contributed by atoms with Gasteiger partial charge in [-0.15, -0.1) is 0 Å². The minimum absolute atomic E-state index is 0.0435. The molecule has 0 aromatic carbocycles. The molecule has 0 spiro atoms. The predicted molar refractivity (Wildman–Crippen MR) is 67.0 cm³/mol. The second-order valence-corrected chi connectivity index (χ2v) is 5.12. The Kier molecular flexibility index (Phi) is 4.58. The summed E-state index contributed by atoms with van der Waals surface area (Å²) in [6, 6.07) is 0. The van der Waals surface area contributed by atoms with Crippen LogP contribution in [0.5, 0.6) is 0 Å². The Hall–Kier alpha value is -1.10. The fourth-order valence-corrected chi connectivity index (χ4v) is 2.57. The van der Waals surface area contributed by atoms with Gasteiger partial charge < -0.3 is 14.5 Å². The molecule has 0 saturated carbocycles. The van der Waals surface area contributed by atoms with Crippen molar-refractivity contribution in [3.05, 3.63) is 0 Å². The van der Waals surface area contributed by atoms with Gasteiger partial charge in [0, 0.05) is 33.2 Å². The van der Waals surface area contributed by atoms with Crippen molar-refractivity contribution in [2.24, 2.45) is 0 Å². The van der Waals surface area contributed by atoms with Crippen LogP contribution in [0.2, 0.25) is 0 Å². The summed E-state index contributed by atoms with van der Waals surface area (Å²) in [4.78, 5) is 27.1. The lowest BCUT2D eigenvalue weighted by atomic mass is 10.2. The summed E-state index contributed by atoms with van der Waals surface area (Å²) >= 11 is 0. The van der Waals surface area contributed by atoms with Crippen molar-refractivity contribution in [3.63, 3.8) is 0 Å². The second kappa shape index (κ2) is 6.18. The van der Waals surface area contributed by atoms with Gasteiger partial charge in [-0.25, -0.2) is 0 Å². The van der Waals surface area contributed by atoms with Gasteiger partial charge in [0.25, 0.3) is 0 Å². The molecule has 0 bridgehead atoms. The standard InChI is InChI=1S/C13H22N2O3/c1-11(16)15(9-12-5-4-8-18-12)10-13(17)14-6-2-3-7-14/h12H,2-10H2,1H3. The lowest BCUT2D eigenvalue weighted by Gasteiger charge is -2.26. The maximum Gasteiger partial charge on any atom is 0.242 e. The van der Waals surface area contributed by atoms with Crippen molar-refractivity contribution in [3.8, 4) is 0 Å². The molecule has 0 aromatic rings. The van der Waals surface area contributed by atoms with Crippen LogP contribution in [0.25, 0.3) is 0 Å². The predicted octanol–water partition coefficient (Wildman–Crippen LogP) is 0.636. The fourth-order valence-electron chi connectivity index (χ4n) is 2.57. The lowest BCUT2D eigenvalue weighted by Crippen LogP contribution is -2.44. The van der Waals surface area contributed by atoms with Crippen LogP contribution >= 0.6 is 0 Å². The first-order valence-electron chi connectivity index (χ1n) is 6.81. The number of amides is 2. The maximum atomic E-state index is 12.0. The van der Waals surface area contributed by atoms with E-state index in [-0.39, 0.29) is 24.5 Å². The first-order chi connectivity index (χ1) is 8.66. The van der Waals surface area contributed by atoms with Crippen LogP contribution in [0.3, 0.4) is 0 Å². The third kappa shape index (κ3) is 3.45. The number of carbonyl (C=O) groups excluding carboxylic acids is 2. The Balaban J connectivity index is 1.84. The Morgan fingerprint density at radius 1 is 1.28 bits per heavy atom. The van der Waals surface area contributed by atoms with Crippen LogP contribution in [0.15, 0.2) is 0 Å². The number of ether oxygens (including phenoxy) is 1. The van der Waals surface area contributed by atoms with Crippen LogP contribution in [-0.2, 0) is 14.3 Å². The number of nitrogens with zero attached hydrogens (tertiary/aromatic N) is 2. The van der Waals surface area contributed by atoms with Gasteiger partial charge in [-0.2, -0.15) is 0 Å². The van der Waals surface area contributed by atoms with Crippen LogP contribution < -0.4 is 0 Å². The van der Waals surface area contributed by atoms with Crippen molar-refractivity contribution in [1.82, 2.24) is 9.80 Å². The van der Waals surface area contributed by atoms with E-state index in [2.05, 4.69) is 0 Å². The molecule has 0 radical (unpaired) electrons. The molecular formula is C13H22N2O3. The molecule has 0 aromatic heterocycles. The smallest absolute Gasteiger partial charge is 0.242 e. The van der Waals surface area contributed by atoms with Gasteiger partial charge >= 0.3 is 0 Å². The normalized spacial score (nSPS) is 23.4. The summed E-state index contributed by atoms with van der Waals surface area (Å²) in [6.07, 6.45) is 4.31. The molecule has 2 heterocycles. The SMILES string of the molecule is CC(=O)N(CC(=O)N1CCCC1)CC1CCCO1. The van der Waals surface area contributed by atoms with Gasteiger partial charge in [-0.3, -0.25) is 9.59 Å². The van der Waals surface area contributed by atoms with E-state index < -0.39 is 0 Å². The summed E-state index contributed by atoms with van der Waals surface area (Å²) in [5.41, 5.74) is 0. The molecule has 2 amide bonds. The van der Waals surface area contributed by atoms with Crippen molar-refractivity contribution in [2.75, 3.05) is 32.8 Å². The maximum absolute atomic E-state index is 12.0. The van der Waals surface area contributed by atoms with Gasteiger partial charge in [0.2, 0.25) is 11.8 Å². The van der Waals surface area contributed by atoms with Crippen LogP contribution in [0.4, 0.5) is 0 Å². The fraction of sp³-hybridized carbons (Fsp3) is 0.846. The first kappa shape index (κ1) is 13.3. The summed E-state index contributed by atoms with van der Waals surface area (Å²) in [6.45, 7) is 4.72. The summed E-state index contributed by atoms with van der Waals surface area (Å²) in [5, 5.41) is 0. The minimum Gasteiger partial charge on any atom is -0.376 e. The van der Waals surface area contributed by atoms with Crippen molar-refractivity contribution < 1.29 is 14.3 Å². The monoisotopic (exact) mass is 254 g/mol. The third-order valence-electron chi connectivity index (χ3n) is 3.68. The van der Waals surface area contributed by atoms with E-state index in [1.54, 1.807) is 4.90 Å². The summed E-state index contributed by atoms with van der Waals surface area (Å²) in [7, 11) is 0. The molecule has 0 aliphatic carbocycles. The van der Waals surface area contributed by atoms with Crippen LogP contribution in [0.1, 0.15) is 32.6 Å². The number of hydrogen-bond acceptors (Lipinski definition) is 3. The Labute approximate surface area is 108 Å². The van der Waals surface area contributed by atoms with E-state index in [0.717, 1.165) is 45.4 Å². The first-order valence-corrected chi connectivity index (χ1v) is 6.81. The molecule has 0 N–H and O–H groups in total. The molecule has 2 aliphatic heterocycles. The van der Waals surface area contributed by atoms with Crippen LogP contribution in [0, 0.1) is 0 Å². The highest BCUT2D eigenvalue weighted by molar-refractivity contribution is 5.84. The quantitative estimate of drug-likeness (QED) is 0.739. The average Bonchev–Trinajstić information content (AvgIpc) is 3.00. The largest absolute Gasteiger partial charge is 0.376 e. The minimum atomic E-state index is -0.0435. The van der Waals surface area contributed by atoms with Crippen molar-refractivity contribution >= 4 is 11.8 Å². The highest BCUT2D eigenvalue weighted by atomic mass is 16.5. The highest BCUT2D eigenvalue weighted by Gasteiger charge is 2.25. The van der Waals surface area contributed by atoms with E-state index in [0.29, 0.717) is 6.54 Å².